The molecule has 3 aromatic rings. The lowest BCUT2D eigenvalue weighted by atomic mass is 10.1. The Kier molecular flexibility index (Phi) is 8.03. The van der Waals surface area contributed by atoms with Crippen molar-refractivity contribution in [3.05, 3.63) is 39.8 Å². The number of benzene rings is 1. The van der Waals surface area contributed by atoms with Crippen LogP contribution in [0.25, 0.3) is 21.3 Å². The first kappa shape index (κ1) is 23.2. The lowest BCUT2D eigenvalue weighted by molar-refractivity contribution is 0.0353. The van der Waals surface area contributed by atoms with Gasteiger partial charge in [0.2, 0.25) is 0 Å². The Labute approximate surface area is 185 Å². The van der Waals surface area contributed by atoms with Crippen LogP contribution in [0.5, 0.6) is 11.5 Å². The number of aromatic amines is 1. The molecule has 0 unspecified atom stereocenters. The fourth-order valence-corrected chi connectivity index (χ4v) is 4.56. The van der Waals surface area contributed by atoms with Crippen molar-refractivity contribution in [1.29, 1.82) is 0 Å². The zero-order valence-electron chi connectivity index (χ0n) is 18.3. The Bertz CT molecular complexity index is 1060. The molecule has 2 heterocycles. The fraction of sp³-hybridized carbons (Fsp3) is 0.455. The molecule has 0 saturated heterocycles. The first-order valence-corrected chi connectivity index (χ1v) is 11.0. The maximum atomic E-state index is 13.0. The van der Waals surface area contributed by atoms with E-state index in [-0.39, 0.29) is 12.2 Å². The van der Waals surface area contributed by atoms with Crippen molar-refractivity contribution in [2.75, 3.05) is 41.0 Å². The normalized spacial score (nSPS) is 12.5. The predicted molar refractivity (Wildman–Crippen MR) is 122 cm³/mol. The van der Waals surface area contributed by atoms with Crippen molar-refractivity contribution in [1.82, 2.24) is 14.9 Å². The maximum Gasteiger partial charge on any atom is 0.260 e. The monoisotopic (exact) mass is 447 g/mol. The van der Waals surface area contributed by atoms with Gasteiger partial charge in [-0.05, 0) is 30.7 Å². The molecular formula is C22H29N3O5S. The lowest BCUT2D eigenvalue weighted by Gasteiger charge is -2.23. The van der Waals surface area contributed by atoms with E-state index in [2.05, 4.69) is 21.8 Å². The maximum absolute atomic E-state index is 13.0. The van der Waals surface area contributed by atoms with Crippen molar-refractivity contribution in [2.45, 2.75) is 26.0 Å². The van der Waals surface area contributed by atoms with E-state index in [0.717, 1.165) is 24.1 Å². The average Bonchev–Trinajstić information content (AvgIpc) is 3.18. The zero-order valence-corrected chi connectivity index (χ0v) is 19.1. The number of hydrogen-bond donors (Lipinski definition) is 2. The zero-order chi connectivity index (χ0) is 22.4. The summed E-state index contributed by atoms with van der Waals surface area (Å²) in [7, 11) is 4.73. The van der Waals surface area contributed by atoms with E-state index in [1.165, 1.54) is 11.3 Å². The summed E-state index contributed by atoms with van der Waals surface area (Å²) in [6, 6.07) is 5.58. The number of thiophene rings is 1. The van der Waals surface area contributed by atoms with Crippen molar-refractivity contribution >= 4 is 21.6 Å². The van der Waals surface area contributed by atoms with Crippen molar-refractivity contribution in [3.8, 4) is 22.6 Å². The van der Waals surface area contributed by atoms with E-state index in [1.54, 1.807) is 21.3 Å². The molecule has 2 N–H and O–H groups in total. The number of aromatic nitrogens is 2. The highest BCUT2D eigenvalue weighted by Crippen LogP contribution is 2.36. The summed E-state index contributed by atoms with van der Waals surface area (Å²) in [5.74, 6) is 1.81. The molecule has 9 heteroatoms. The molecule has 0 aliphatic carbocycles. The van der Waals surface area contributed by atoms with Crippen LogP contribution in [0, 0.1) is 0 Å². The summed E-state index contributed by atoms with van der Waals surface area (Å²) >= 11 is 1.43. The Hall–Kier alpha value is -2.46. The molecule has 8 nitrogen and oxygen atoms in total. The number of nitrogens with one attached hydrogen (secondary N) is 1. The number of aliphatic hydroxyl groups excluding tert-OH is 1. The topological polar surface area (TPSA) is 96.9 Å². The second kappa shape index (κ2) is 10.7. The van der Waals surface area contributed by atoms with Crippen LogP contribution in [-0.2, 0) is 11.3 Å². The number of H-pyrrole nitrogens is 1. The first-order valence-electron chi connectivity index (χ1n) is 10.1. The van der Waals surface area contributed by atoms with E-state index in [1.807, 2.05) is 23.6 Å². The van der Waals surface area contributed by atoms with Crippen molar-refractivity contribution in [3.63, 3.8) is 0 Å². The van der Waals surface area contributed by atoms with E-state index in [9.17, 15) is 9.90 Å². The molecule has 3 rings (SSSR count). The minimum atomic E-state index is -0.592. The van der Waals surface area contributed by atoms with Gasteiger partial charge in [0.15, 0.2) is 11.5 Å². The molecule has 168 valence electrons. The summed E-state index contributed by atoms with van der Waals surface area (Å²) in [6.45, 7) is 4.02. The summed E-state index contributed by atoms with van der Waals surface area (Å²) in [4.78, 5) is 23.3. The molecule has 0 radical (unpaired) electrons. The van der Waals surface area contributed by atoms with Crippen LogP contribution in [0.2, 0.25) is 0 Å². The minimum absolute atomic E-state index is 0.181. The van der Waals surface area contributed by atoms with Gasteiger partial charge in [0.25, 0.3) is 5.56 Å². The van der Waals surface area contributed by atoms with Gasteiger partial charge < -0.3 is 24.3 Å². The van der Waals surface area contributed by atoms with Gasteiger partial charge in [-0.2, -0.15) is 0 Å². The highest BCUT2D eigenvalue weighted by atomic mass is 32.1. The van der Waals surface area contributed by atoms with Gasteiger partial charge in [-0.1, -0.05) is 13.0 Å². The molecule has 0 spiro atoms. The molecular weight excluding hydrogens is 418 g/mol. The standard InChI is InChI=1S/C22H29N3O5S/c1-5-8-25(10-15(26)12-28-2)11-19-23-21(27)20-16(13-31-22(20)24-19)14-6-7-17(29-3)18(9-14)30-4/h6-7,9,13,15,26H,5,8,10-12H2,1-4H3,(H,23,24,27)/t15-/m0/s1. The van der Waals surface area contributed by atoms with E-state index >= 15 is 0 Å². The van der Waals surface area contributed by atoms with Crippen LogP contribution in [0.1, 0.15) is 19.2 Å². The number of methoxy groups -OCH3 is 3. The molecule has 2 aromatic heterocycles. The average molecular weight is 448 g/mol. The molecule has 0 amide bonds. The molecule has 1 atom stereocenters. The van der Waals surface area contributed by atoms with Gasteiger partial charge in [0.1, 0.15) is 10.7 Å². The van der Waals surface area contributed by atoms with Crippen LogP contribution in [0.3, 0.4) is 0 Å². The smallest absolute Gasteiger partial charge is 0.260 e. The molecule has 0 aliphatic heterocycles. The molecule has 0 saturated carbocycles. The summed E-state index contributed by atoms with van der Waals surface area (Å²) in [6.07, 6.45) is 0.333. The molecule has 1 aromatic carbocycles. The van der Waals surface area contributed by atoms with Gasteiger partial charge >= 0.3 is 0 Å². The molecule has 0 fully saturated rings. The molecule has 0 aliphatic rings. The van der Waals surface area contributed by atoms with Gasteiger partial charge in [0, 0.05) is 24.6 Å². The number of nitrogens with zero attached hydrogens (tertiary/aromatic N) is 2. The fourth-order valence-electron chi connectivity index (χ4n) is 3.59. The first-order chi connectivity index (χ1) is 15.0. The Balaban J connectivity index is 1.91. The van der Waals surface area contributed by atoms with Gasteiger partial charge in [0.05, 0.1) is 38.9 Å². The lowest BCUT2D eigenvalue weighted by Crippen LogP contribution is -2.35. The van der Waals surface area contributed by atoms with Crippen LogP contribution in [0.15, 0.2) is 28.4 Å². The quantitative estimate of drug-likeness (QED) is 0.466. The van der Waals surface area contributed by atoms with Crippen molar-refractivity contribution < 1.29 is 19.3 Å². The van der Waals surface area contributed by atoms with E-state index in [0.29, 0.717) is 40.6 Å². The Morgan fingerprint density at radius 1 is 1.23 bits per heavy atom. The van der Waals surface area contributed by atoms with Crippen LogP contribution < -0.4 is 15.0 Å². The number of hydrogen-bond acceptors (Lipinski definition) is 8. The number of rotatable bonds is 11. The van der Waals surface area contributed by atoms with Crippen LogP contribution >= 0.6 is 11.3 Å². The Morgan fingerprint density at radius 3 is 2.68 bits per heavy atom. The third kappa shape index (κ3) is 5.43. The third-order valence-corrected chi connectivity index (χ3v) is 5.80. The van der Waals surface area contributed by atoms with E-state index < -0.39 is 6.10 Å². The molecule has 0 bridgehead atoms. The van der Waals surface area contributed by atoms with E-state index in [4.69, 9.17) is 14.2 Å². The number of aliphatic hydroxyl groups is 1. The van der Waals surface area contributed by atoms with Gasteiger partial charge in [-0.25, -0.2) is 4.98 Å². The predicted octanol–water partition coefficient (Wildman–Crippen LogP) is 2.89. The number of fused-ring (bicyclic) bond motifs is 1. The van der Waals surface area contributed by atoms with Gasteiger partial charge in [-0.15, -0.1) is 11.3 Å². The Morgan fingerprint density at radius 2 is 2.00 bits per heavy atom. The third-order valence-electron chi connectivity index (χ3n) is 4.93. The summed E-state index contributed by atoms with van der Waals surface area (Å²) in [5.41, 5.74) is 1.49. The second-order valence-corrected chi connectivity index (χ2v) is 8.11. The summed E-state index contributed by atoms with van der Waals surface area (Å²) in [5, 5.41) is 12.6. The van der Waals surface area contributed by atoms with Crippen LogP contribution in [-0.4, -0.2) is 67.1 Å². The largest absolute Gasteiger partial charge is 0.493 e. The molecule has 31 heavy (non-hydrogen) atoms. The highest BCUT2D eigenvalue weighted by molar-refractivity contribution is 7.17. The van der Waals surface area contributed by atoms with Gasteiger partial charge in [-0.3, -0.25) is 9.69 Å². The highest BCUT2D eigenvalue weighted by Gasteiger charge is 2.17. The second-order valence-electron chi connectivity index (χ2n) is 7.26. The minimum Gasteiger partial charge on any atom is -0.493 e. The number of ether oxygens (including phenoxy) is 3. The van der Waals surface area contributed by atoms with Crippen LogP contribution in [0.4, 0.5) is 0 Å². The summed E-state index contributed by atoms with van der Waals surface area (Å²) < 4.78 is 15.7. The SMILES string of the molecule is CCCN(Cc1nc2scc(-c3ccc(OC)c(OC)c3)c2c(=O)[nH]1)C[C@H](O)COC. The van der Waals surface area contributed by atoms with Crippen molar-refractivity contribution in [2.24, 2.45) is 0 Å².